The minimum atomic E-state index is -0.125. The first kappa shape index (κ1) is 13.4. The van der Waals surface area contributed by atoms with Gasteiger partial charge < -0.3 is 15.5 Å². The molecule has 0 saturated carbocycles. The number of hydrogen-bond acceptors (Lipinski definition) is 2. The van der Waals surface area contributed by atoms with Crippen molar-refractivity contribution in [2.45, 2.75) is 26.2 Å². The quantitative estimate of drug-likeness (QED) is 0.859. The van der Waals surface area contributed by atoms with Crippen molar-refractivity contribution in [3.8, 4) is 0 Å². The highest BCUT2D eigenvalue weighted by atomic mass is 16.2. The van der Waals surface area contributed by atoms with Crippen LogP contribution in [0.1, 0.15) is 26.2 Å². The Hall–Kier alpha value is -2.04. The van der Waals surface area contributed by atoms with Gasteiger partial charge in [0.2, 0.25) is 5.91 Å². The van der Waals surface area contributed by atoms with Gasteiger partial charge in [-0.1, -0.05) is 6.07 Å². The molecule has 1 aliphatic heterocycles. The molecular weight excluding hydrogens is 242 g/mol. The molecular formula is C14H19N3O2. The molecule has 1 aromatic carbocycles. The Morgan fingerprint density at radius 1 is 1.05 bits per heavy atom. The lowest BCUT2D eigenvalue weighted by Gasteiger charge is -2.26. The van der Waals surface area contributed by atoms with Crippen molar-refractivity contribution < 1.29 is 9.59 Å². The van der Waals surface area contributed by atoms with Crippen LogP contribution < -0.4 is 10.6 Å². The molecule has 1 saturated heterocycles. The van der Waals surface area contributed by atoms with E-state index in [1.807, 2.05) is 11.0 Å². The molecule has 0 aromatic heterocycles. The number of likely N-dealkylation sites (tertiary alicyclic amines) is 1. The summed E-state index contributed by atoms with van der Waals surface area (Å²) in [6.07, 6.45) is 3.33. The van der Waals surface area contributed by atoms with Crippen molar-refractivity contribution in [2.75, 3.05) is 23.7 Å². The molecule has 1 fully saturated rings. The summed E-state index contributed by atoms with van der Waals surface area (Å²) in [6.45, 7) is 3.09. The van der Waals surface area contributed by atoms with Crippen molar-refractivity contribution >= 4 is 23.3 Å². The second-order valence-corrected chi connectivity index (χ2v) is 4.74. The fourth-order valence-corrected chi connectivity index (χ4v) is 2.18. The van der Waals surface area contributed by atoms with Gasteiger partial charge in [0.1, 0.15) is 0 Å². The molecule has 0 bridgehead atoms. The predicted molar refractivity (Wildman–Crippen MR) is 75.2 cm³/mol. The van der Waals surface area contributed by atoms with Crippen molar-refractivity contribution in [1.29, 1.82) is 0 Å². The van der Waals surface area contributed by atoms with E-state index in [4.69, 9.17) is 0 Å². The summed E-state index contributed by atoms with van der Waals surface area (Å²) in [6, 6.07) is 7.09. The van der Waals surface area contributed by atoms with E-state index in [-0.39, 0.29) is 11.9 Å². The monoisotopic (exact) mass is 261 g/mol. The number of carbonyl (C=O) groups is 2. The van der Waals surface area contributed by atoms with E-state index in [0.29, 0.717) is 11.4 Å². The standard InChI is InChI=1S/C14H19N3O2/c1-11(18)15-12-6-5-7-13(10-12)16-14(19)17-8-3-2-4-9-17/h5-7,10H,2-4,8-9H2,1H3,(H,15,18)(H,16,19). The van der Waals surface area contributed by atoms with Gasteiger partial charge in [0.15, 0.2) is 0 Å². The van der Waals surface area contributed by atoms with Gasteiger partial charge in [0.25, 0.3) is 0 Å². The van der Waals surface area contributed by atoms with E-state index in [9.17, 15) is 9.59 Å². The second kappa shape index (κ2) is 6.22. The maximum atomic E-state index is 12.0. The highest BCUT2D eigenvalue weighted by Crippen LogP contribution is 2.16. The molecule has 0 unspecified atom stereocenters. The summed E-state index contributed by atoms with van der Waals surface area (Å²) in [5.41, 5.74) is 1.38. The van der Waals surface area contributed by atoms with Crippen LogP contribution in [0.15, 0.2) is 24.3 Å². The SMILES string of the molecule is CC(=O)Nc1cccc(NC(=O)N2CCCCC2)c1. The lowest BCUT2D eigenvalue weighted by Crippen LogP contribution is -2.38. The largest absolute Gasteiger partial charge is 0.326 e. The Labute approximate surface area is 113 Å². The minimum absolute atomic E-state index is 0.0697. The van der Waals surface area contributed by atoms with Gasteiger partial charge in [-0.2, -0.15) is 0 Å². The van der Waals surface area contributed by atoms with Crippen LogP contribution in [0.25, 0.3) is 0 Å². The van der Waals surface area contributed by atoms with Crippen LogP contribution in [0.5, 0.6) is 0 Å². The number of urea groups is 1. The van der Waals surface area contributed by atoms with Crippen LogP contribution in [0.2, 0.25) is 0 Å². The molecule has 2 N–H and O–H groups in total. The smallest absolute Gasteiger partial charge is 0.321 e. The molecule has 19 heavy (non-hydrogen) atoms. The third-order valence-corrected chi connectivity index (χ3v) is 3.08. The normalized spacial score (nSPS) is 14.9. The van der Waals surface area contributed by atoms with Crippen LogP contribution in [-0.2, 0) is 4.79 Å². The third kappa shape index (κ3) is 3.98. The topological polar surface area (TPSA) is 61.4 Å². The van der Waals surface area contributed by atoms with E-state index in [0.717, 1.165) is 25.9 Å². The summed E-state index contributed by atoms with van der Waals surface area (Å²) in [4.78, 5) is 24.8. The molecule has 5 nitrogen and oxygen atoms in total. The lowest BCUT2D eigenvalue weighted by molar-refractivity contribution is -0.114. The maximum Gasteiger partial charge on any atom is 0.321 e. The first-order valence-electron chi connectivity index (χ1n) is 6.59. The van der Waals surface area contributed by atoms with Gasteiger partial charge in [0.05, 0.1) is 0 Å². The molecule has 2 rings (SSSR count). The van der Waals surface area contributed by atoms with Crippen molar-refractivity contribution in [3.05, 3.63) is 24.3 Å². The molecule has 0 atom stereocenters. The molecule has 1 heterocycles. The number of piperidine rings is 1. The first-order valence-corrected chi connectivity index (χ1v) is 6.59. The summed E-state index contributed by atoms with van der Waals surface area (Å²) >= 11 is 0. The number of nitrogens with one attached hydrogen (secondary N) is 2. The Kier molecular flexibility index (Phi) is 4.39. The number of benzene rings is 1. The van der Waals surface area contributed by atoms with Gasteiger partial charge in [-0.15, -0.1) is 0 Å². The Balaban J connectivity index is 1.97. The van der Waals surface area contributed by atoms with Crippen LogP contribution in [0.4, 0.5) is 16.2 Å². The van der Waals surface area contributed by atoms with E-state index in [1.165, 1.54) is 13.3 Å². The maximum absolute atomic E-state index is 12.0. The Morgan fingerprint density at radius 2 is 1.68 bits per heavy atom. The number of hydrogen-bond donors (Lipinski definition) is 2. The molecule has 5 heteroatoms. The van der Waals surface area contributed by atoms with Crippen LogP contribution >= 0.6 is 0 Å². The third-order valence-electron chi connectivity index (χ3n) is 3.08. The zero-order valence-electron chi connectivity index (χ0n) is 11.1. The summed E-state index contributed by atoms with van der Waals surface area (Å²) in [7, 11) is 0. The number of nitrogens with zero attached hydrogens (tertiary/aromatic N) is 1. The van der Waals surface area contributed by atoms with Gasteiger partial charge in [0, 0.05) is 31.4 Å². The molecule has 1 aliphatic rings. The van der Waals surface area contributed by atoms with E-state index in [2.05, 4.69) is 10.6 Å². The van der Waals surface area contributed by atoms with Gasteiger partial charge in [-0.3, -0.25) is 4.79 Å². The Morgan fingerprint density at radius 3 is 2.32 bits per heavy atom. The van der Waals surface area contributed by atoms with E-state index >= 15 is 0 Å². The fraction of sp³-hybridized carbons (Fsp3) is 0.429. The summed E-state index contributed by atoms with van der Waals surface area (Å²) < 4.78 is 0. The van der Waals surface area contributed by atoms with Crippen molar-refractivity contribution in [3.63, 3.8) is 0 Å². The molecule has 0 spiro atoms. The predicted octanol–water partition coefficient (Wildman–Crippen LogP) is 2.66. The summed E-state index contributed by atoms with van der Waals surface area (Å²) in [5.74, 6) is -0.125. The van der Waals surface area contributed by atoms with Gasteiger partial charge in [-0.25, -0.2) is 4.79 Å². The average molecular weight is 261 g/mol. The number of carbonyl (C=O) groups excluding carboxylic acids is 2. The molecule has 102 valence electrons. The van der Waals surface area contributed by atoms with Gasteiger partial charge >= 0.3 is 6.03 Å². The van der Waals surface area contributed by atoms with Crippen molar-refractivity contribution in [1.82, 2.24) is 4.90 Å². The van der Waals surface area contributed by atoms with Crippen LogP contribution in [-0.4, -0.2) is 29.9 Å². The first-order chi connectivity index (χ1) is 9.15. The molecule has 0 radical (unpaired) electrons. The number of amides is 3. The second-order valence-electron chi connectivity index (χ2n) is 4.74. The Bertz CT molecular complexity index is 468. The van der Waals surface area contributed by atoms with Crippen molar-refractivity contribution in [2.24, 2.45) is 0 Å². The van der Waals surface area contributed by atoms with E-state index < -0.39 is 0 Å². The minimum Gasteiger partial charge on any atom is -0.326 e. The fourth-order valence-electron chi connectivity index (χ4n) is 2.18. The molecule has 3 amide bonds. The summed E-state index contributed by atoms with van der Waals surface area (Å²) in [5, 5.41) is 5.56. The van der Waals surface area contributed by atoms with E-state index in [1.54, 1.807) is 18.2 Å². The molecule has 0 aliphatic carbocycles. The van der Waals surface area contributed by atoms with Gasteiger partial charge in [-0.05, 0) is 37.5 Å². The average Bonchev–Trinajstić information content (AvgIpc) is 2.39. The lowest BCUT2D eigenvalue weighted by atomic mass is 10.1. The number of rotatable bonds is 2. The number of anilines is 2. The zero-order chi connectivity index (χ0) is 13.7. The highest BCUT2D eigenvalue weighted by molar-refractivity contribution is 5.92. The van der Waals surface area contributed by atoms with Crippen LogP contribution in [0, 0.1) is 0 Å². The molecule has 1 aromatic rings. The van der Waals surface area contributed by atoms with Crippen LogP contribution in [0.3, 0.4) is 0 Å². The highest BCUT2D eigenvalue weighted by Gasteiger charge is 2.16. The zero-order valence-corrected chi connectivity index (χ0v) is 11.1.